The van der Waals surface area contributed by atoms with Crippen LogP contribution in [0.5, 0.6) is 0 Å². The van der Waals surface area contributed by atoms with Crippen LogP contribution in [0.3, 0.4) is 0 Å². The van der Waals surface area contributed by atoms with E-state index in [1.54, 1.807) is 0 Å². The molecule has 0 fully saturated rings. The van der Waals surface area contributed by atoms with Gasteiger partial charge in [0.05, 0.1) is 0 Å². The molecule has 1 nitrogen and oxygen atoms in total. The molecular weight excluding hydrogens is 170 g/mol. The third-order valence-corrected chi connectivity index (χ3v) is 2.89. The van der Waals surface area contributed by atoms with Gasteiger partial charge in [-0.05, 0) is 36.0 Å². The van der Waals surface area contributed by atoms with Gasteiger partial charge in [0, 0.05) is 12.5 Å². The predicted molar refractivity (Wildman–Crippen MR) is 58.8 cm³/mol. The summed E-state index contributed by atoms with van der Waals surface area (Å²) < 4.78 is 0. The van der Waals surface area contributed by atoms with E-state index in [4.69, 9.17) is 12.2 Å². The number of nitrogens with two attached hydrogens (primary N) is 1. The Labute approximate surface area is 85.3 Å². The van der Waals surface area contributed by atoms with Gasteiger partial charge in [0.1, 0.15) is 0 Å². The molecule has 2 N–H and O–H groups in total. The van der Waals surface area contributed by atoms with Crippen molar-refractivity contribution in [3.8, 4) is 12.3 Å². The van der Waals surface area contributed by atoms with E-state index in [2.05, 4.69) is 24.1 Å². The number of fused-ring (bicyclic) bond motifs is 1. The van der Waals surface area contributed by atoms with Gasteiger partial charge in [0.15, 0.2) is 0 Å². The van der Waals surface area contributed by atoms with Crippen LogP contribution in [0.15, 0.2) is 18.2 Å². The van der Waals surface area contributed by atoms with Crippen molar-refractivity contribution in [3.63, 3.8) is 0 Å². The van der Waals surface area contributed by atoms with E-state index in [0.29, 0.717) is 6.42 Å². The fraction of sp³-hybridized carbons (Fsp3) is 0.385. The quantitative estimate of drug-likeness (QED) is 0.702. The maximum absolute atomic E-state index is 5.96. The molecule has 0 spiro atoms. The Bertz CT molecular complexity index is 373. The Kier molecular flexibility index (Phi) is 2.56. The fourth-order valence-electron chi connectivity index (χ4n) is 2.07. The van der Waals surface area contributed by atoms with E-state index < -0.39 is 0 Å². The Hall–Kier alpha value is -1.26. The van der Waals surface area contributed by atoms with Crippen molar-refractivity contribution in [1.29, 1.82) is 0 Å². The molecule has 1 aliphatic carbocycles. The number of benzene rings is 1. The molecule has 1 aliphatic rings. The van der Waals surface area contributed by atoms with E-state index in [9.17, 15) is 0 Å². The SMILES string of the molecule is C#CCC(N)c1ccc2c(c1)CCC2. The normalized spacial score (nSPS) is 16.0. The number of aryl methyl sites for hydroxylation is 2. The van der Waals surface area contributed by atoms with Gasteiger partial charge in [0.2, 0.25) is 0 Å². The molecule has 0 radical (unpaired) electrons. The van der Waals surface area contributed by atoms with Gasteiger partial charge in [-0.2, -0.15) is 0 Å². The van der Waals surface area contributed by atoms with Gasteiger partial charge in [-0.1, -0.05) is 18.2 Å². The van der Waals surface area contributed by atoms with Crippen LogP contribution in [0.2, 0.25) is 0 Å². The largest absolute Gasteiger partial charge is 0.323 e. The van der Waals surface area contributed by atoms with Crippen molar-refractivity contribution >= 4 is 0 Å². The summed E-state index contributed by atoms with van der Waals surface area (Å²) in [5, 5.41) is 0. The van der Waals surface area contributed by atoms with Gasteiger partial charge >= 0.3 is 0 Å². The summed E-state index contributed by atoms with van der Waals surface area (Å²) in [5.41, 5.74) is 10.1. The molecule has 0 aromatic heterocycles. The van der Waals surface area contributed by atoms with Gasteiger partial charge in [-0.3, -0.25) is 0 Å². The van der Waals surface area contributed by atoms with Crippen LogP contribution in [-0.4, -0.2) is 0 Å². The van der Waals surface area contributed by atoms with Crippen LogP contribution in [0, 0.1) is 12.3 Å². The second-order valence-corrected chi connectivity index (χ2v) is 3.90. The van der Waals surface area contributed by atoms with Crippen LogP contribution in [-0.2, 0) is 12.8 Å². The first-order chi connectivity index (χ1) is 6.81. The molecule has 1 heteroatoms. The Morgan fingerprint density at radius 3 is 2.93 bits per heavy atom. The van der Waals surface area contributed by atoms with Crippen molar-refractivity contribution < 1.29 is 0 Å². The average Bonchev–Trinajstić information content (AvgIpc) is 2.64. The van der Waals surface area contributed by atoms with Crippen molar-refractivity contribution in [1.82, 2.24) is 0 Å². The first-order valence-electron chi connectivity index (χ1n) is 5.12. The van der Waals surface area contributed by atoms with Crippen LogP contribution in [0.1, 0.15) is 35.6 Å². The van der Waals surface area contributed by atoms with Crippen LogP contribution in [0.4, 0.5) is 0 Å². The lowest BCUT2D eigenvalue weighted by Gasteiger charge is -2.10. The van der Waals surface area contributed by atoms with E-state index in [1.807, 2.05) is 0 Å². The highest BCUT2D eigenvalue weighted by Gasteiger charge is 2.12. The van der Waals surface area contributed by atoms with Gasteiger partial charge in [0.25, 0.3) is 0 Å². The lowest BCUT2D eigenvalue weighted by molar-refractivity contribution is 0.753. The minimum Gasteiger partial charge on any atom is -0.323 e. The summed E-state index contributed by atoms with van der Waals surface area (Å²) >= 11 is 0. The molecule has 0 heterocycles. The summed E-state index contributed by atoms with van der Waals surface area (Å²) in [6, 6.07) is 6.55. The first-order valence-corrected chi connectivity index (χ1v) is 5.12. The minimum atomic E-state index is 0.00546. The molecule has 0 saturated carbocycles. The molecule has 0 saturated heterocycles. The summed E-state index contributed by atoms with van der Waals surface area (Å²) in [6.07, 6.45) is 9.58. The number of rotatable bonds is 2. The highest BCUT2D eigenvalue weighted by molar-refractivity contribution is 5.36. The molecule has 1 aromatic rings. The summed E-state index contributed by atoms with van der Waals surface area (Å²) in [7, 11) is 0. The molecule has 72 valence electrons. The standard InChI is InChI=1S/C13H15N/c1-2-4-13(14)12-8-7-10-5-3-6-11(10)9-12/h1,7-9,13H,3-6,14H2. The van der Waals surface area contributed by atoms with Crippen molar-refractivity contribution in [3.05, 3.63) is 34.9 Å². The zero-order valence-corrected chi connectivity index (χ0v) is 8.29. The zero-order valence-electron chi connectivity index (χ0n) is 8.29. The fourth-order valence-corrected chi connectivity index (χ4v) is 2.07. The molecule has 14 heavy (non-hydrogen) atoms. The highest BCUT2D eigenvalue weighted by atomic mass is 14.6. The summed E-state index contributed by atoms with van der Waals surface area (Å²) in [4.78, 5) is 0. The highest BCUT2D eigenvalue weighted by Crippen LogP contribution is 2.25. The maximum atomic E-state index is 5.96. The van der Waals surface area contributed by atoms with Crippen molar-refractivity contribution in [2.45, 2.75) is 31.7 Å². The number of hydrogen-bond donors (Lipinski definition) is 1. The molecule has 1 aromatic carbocycles. The molecule has 2 rings (SSSR count). The second kappa shape index (κ2) is 3.86. The number of terminal acetylenes is 1. The molecule has 0 aliphatic heterocycles. The monoisotopic (exact) mass is 185 g/mol. The molecule has 1 unspecified atom stereocenters. The van der Waals surface area contributed by atoms with Gasteiger partial charge in [-0.15, -0.1) is 12.3 Å². The van der Waals surface area contributed by atoms with Crippen molar-refractivity contribution in [2.24, 2.45) is 5.73 Å². The van der Waals surface area contributed by atoms with Crippen LogP contribution >= 0.6 is 0 Å². The third kappa shape index (κ3) is 1.66. The lowest BCUT2D eigenvalue weighted by Crippen LogP contribution is -2.09. The van der Waals surface area contributed by atoms with E-state index >= 15 is 0 Å². The summed E-state index contributed by atoms with van der Waals surface area (Å²) in [5.74, 6) is 2.61. The minimum absolute atomic E-state index is 0.00546. The van der Waals surface area contributed by atoms with Crippen LogP contribution < -0.4 is 5.73 Å². The summed E-state index contributed by atoms with van der Waals surface area (Å²) in [6.45, 7) is 0. The Balaban J connectivity index is 2.25. The van der Waals surface area contributed by atoms with Crippen molar-refractivity contribution in [2.75, 3.05) is 0 Å². The molecule has 1 atom stereocenters. The topological polar surface area (TPSA) is 26.0 Å². The first kappa shape index (κ1) is 9.30. The van der Waals surface area contributed by atoms with E-state index in [1.165, 1.54) is 36.0 Å². The second-order valence-electron chi connectivity index (χ2n) is 3.90. The van der Waals surface area contributed by atoms with E-state index in [0.717, 1.165) is 0 Å². The predicted octanol–water partition coefficient (Wildman–Crippen LogP) is 2.20. The zero-order chi connectivity index (χ0) is 9.97. The van der Waals surface area contributed by atoms with Gasteiger partial charge in [-0.25, -0.2) is 0 Å². The molecule has 0 bridgehead atoms. The Morgan fingerprint density at radius 1 is 1.36 bits per heavy atom. The Morgan fingerprint density at radius 2 is 2.14 bits per heavy atom. The third-order valence-electron chi connectivity index (χ3n) is 2.89. The number of hydrogen-bond acceptors (Lipinski definition) is 1. The average molecular weight is 185 g/mol. The van der Waals surface area contributed by atoms with E-state index in [-0.39, 0.29) is 6.04 Å². The molecular formula is C13H15N. The van der Waals surface area contributed by atoms with Crippen LogP contribution in [0.25, 0.3) is 0 Å². The van der Waals surface area contributed by atoms with Gasteiger partial charge < -0.3 is 5.73 Å². The lowest BCUT2D eigenvalue weighted by atomic mass is 10.00. The molecule has 0 amide bonds. The maximum Gasteiger partial charge on any atom is 0.0405 e. The smallest absolute Gasteiger partial charge is 0.0405 e.